The molecule has 3 N–H and O–H groups in total. The molecule has 1 atom stereocenters. The van der Waals surface area contributed by atoms with Gasteiger partial charge in [0.05, 0.1) is 12.8 Å². The van der Waals surface area contributed by atoms with E-state index in [9.17, 15) is 0 Å². The molecule has 0 aliphatic heterocycles. The lowest BCUT2D eigenvalue weighted by Gasteiger charge is -2.18. The van der Waals surface area contributed by atoms with Crippen LogP contribution < -0.4 is 15.8 Å². The molecule has 4 heteroatoms. The number of rotatable bonds is 6. The Morgan fingerprint density at radius 3 is 2.65 bits per heavy atom. The topological polar surface area (TPSA) is 50.5 Å². The first-order valence-corrected chi connectivity index (χ1v) is 5.85. The van der Waals surface area contributed by atoms with E-state index in [0.717, 1.165) is 18.0 Å². The van der Waals surface area contributed by atoms with Crippen LogP contribution in [0.15, 0.2) is 18.2 Å². The molecule has 1 rings (SSSR count). The number of nitrogens with one attached hydrogen (secondary N) is 1. The van der Waals surface area contributed by atoms with Crippen LogP contribution in [0, 0.1) is 0 Å². The molecule has 0 aliphatic carbocycles. The molecule has 4 nitrogen and oxygen atoms in total. The molecule has 0 fully saturated rings. The summed E-state index contributed by atoms with van der Waals surface area (Å²) in [4.78, 5) is 2.14. The van der Waals surface area contributed by atoms with Crippen molar-refractivity contribution in [1.29, 1.82) is 0 Å². The van der Waals surface area contributed by atoms with Crippen LogP contribution in [0.1, 0.15) is 12.5 Å². The number of ether oxygens (including phenoxy) is 1. The lowest BCUT2D eigenvalue weighted by molar-refractivity contribution is 0.400. The maximum atomic E-state index is 5.62. The molecule has 0 bridgehead atoms. The van der Waals surface area contributed by atoms with E-state index in [4.69, 9.17) is 10.5 Å². The highest BCUT2D eigenvalue weighted by molar-refractivity contribution is 5.58. The van der Waals surface area contributed by atoms with Gasteiger partial charge >= 0.3 is 0 Å². The van der Waals surface area contributed by atoms with Crippen LogP contribution >= 0.6 is 0 Å². The molecule has 0 radical (unpaired) electrons. The minimum Gasteiger partial charge on any atom is -0.495 e. The van der Waals surface area contributed by atoms with Gasteiger partial charge in [0.25, 0.3) is 0 Å². The van der Waals surface area contributed by atoms with Crippen LogP contribution in [0.3, 0.4) is 0 Å². The molecule has 1 aromatic rings. The predicted octanol–water partition coefficient (Wildman–Crippen LogP) is 1.52. The Balaban J connectivity index is 2.89. The van der Waals surface area contributed by atoms with E-state index in [0.29, 0.717) is 6.54 Å². The molecular weight excluding hydrogens is 214 g/mol. The quantitative estimate of drug-likeness (QED) is 0.787. The summed E-state index contributed by atoms with van der Waals surface area (Å²) in [6.45, 7) is 3.56. The Morgan fingerprint density at radius 2 is 2.12 bits per heavy atom. The standard InChI is InChI=1S/C13H23N3O/c1-10(8-14)15-12-7-11(9-16(2)3)5-6-13(12)17-4/h5-7,10,15H,8-9,14H2,1-4H3. The van der Waals surface area contributed by atoms with E-state index in [1.807, 2.05) is 6.07 Å². The summed E-state index contributed by atoms with van der Waals surface area (Å²) in [6, 6.07) is 6.42. The number of methoxy groups -OCH3 is 1. The van der Waals surface area contributed by atoms with Crippen molar-refractivity contribution in [2.24, 2.45) is 5.73 Å². The van der Waals surface area contributed by atoms with Gasteiger partial charge in [-0.3, -0.25) is 0 Å². The van der Waals surface area contributed by atoms with Gasteiger partial charge in [-0.15, -0.1) is 0 Å². The van der Waals surface area contributed by atoms with Crippen LogP contribution in [0.2, 0.25) is 0 Å². The number of anilines is 1. The summed E-state index contributed by atoms with van der Waals surface area (Å²) < 4.78 is 5.33. The Morgan fingerprint density at radius 1 is 1.41 bits per heavy atom. The zero-order chi connectivity index (χ0) is 12.8. The van der Waals surface area contributed by atoms with E-state index < -0.39 is 0 Å². The highest BCUT2D eigenvalue weighted by Crippen LogP contribution is 2.26. The maximum absolute atomic E-state index is 5.62. The average molecular weight is 237 g/mol. The molecule has 0 amide bonds. The normalized spacial score (nSPS) is 12.6. The highest BCUT2D eigenvalue weighted by atomic mass is 16.5. The number of benzene rings is 1. The second-order valence-electron chi connectivity index (χ2n) is 4.55. The largest absolute Gasteiger partial charge is 0.495 e. The monoisotopic (exact) mass is 237 g/mol. The van der Waals surface area contributed by atoms with Crippen molar-refractivity contribution >= 4 is 5.69 Å². The Bertz CT molecular complexity index is 353. The van der Waals surface area contributed by atoms with E-state index >= 15 is 0 Å². The molecule has 0 aromatic heterocycles. The minimum absolute atomic E-state index is 0.235. The van der Waals surface area contributed by atoms with Crippen molar-refractivity contribution < 1.29 is 4.74 Å². The van der Waals surface area contributed by atoms with Crippen molar-refractivity contribution in [3.63, 3.8) is 0 Å². The zero-order valence-corrected chi connectivity index (χ0v) is 11.2. The summed E-state index contributed by atoms with van der Waals surface area (Å²) in [5, 5.41) is 3.36. The molecule has 17 heavy (non-hydrogen) atoms. The van der Waals surface area contributed by atoms with Crippen LogP contribution in [0.4, 0.5) is 5.69 Å². The maximum Gasteiger partial charge on any atom is 0.141 e. The van der Waals surface area contributed by atoms with E-state index in [2.05, 4.69) is 43.4 Å². The summed E-state index contributed by atoms with van der Waals surface area (Å²) >= 11 is 0. The molecule has 1 aromatic carbocycles. The van der Waals surface area contributed by atoms with Gasteiger partial charge in [0.2, 0.25) is 0 Å². The minimum atomic E-state index is 0.235. The third-order valence-corrected chi connectivity index (χ3v) is 2.52. The highest BCUT2D eigenvalue weighted by Gasteiger charge is 2.07. The zero-order valence-electron chi connectivity index (χ0n) is 11.2. The van der Waals surface area contributed by atoms with Gasteiger partial charge < -0.3 is 20.7 Å². The Hall–Kier alpha value is -1.26. The number of hydrogen-bond donors (Lipinski definition) is 2. The molecule has 1 unspecified atom stereocenters. The average Bonchev–Trinajstić information content (AvgIpc) is 2.28. The van der Waals surface area contributed by atoms with Gasteiger partial charge in [0, 0.05) is 19.1 Å². The van der Waals surface area contributed by atoms with Crippen molar-refractivity contribution in [2.75, 3.05) is 33.1 Å². The molecular formula is C13H23N3O. The van der Waals surface area contributed by atoms with Gasteiger partial charge in [-0.25, -0.2) is 0 Å². The van der Waals surface area contributed by atoms with E-state index in [1.165, 1.54) is 5.56 Å². The molecule has 0 aliphatic rings. The van der Waals surface area contributed by atoms with Crippen LogP contribution in [0.25, 0.3) is 0 Å². The second-order valence-corrected chi connectivity index (χ2v) is 4.55. The molecule has 0 saturated carbocycles. The Kier molecular flexibility index (Phi) is 5.25. The van der Waals surface area contributed by atoms with Gasteiger partial charge in [-0.05, 0) is 38.7 Å². The fourth-order valence-corrected chi connectivity index (χ4v) is 1.66. The van der Waals surface area contributed by atoms with Crippen molar-refractivity contribution in [3.8, 4) is 5.75 Å². The molecule has 96 valence electrons. The lowest BCUT2D eigenvalue weighted by Crippen LogP contribution is -2.25. The molecule has 0 heterocycles. The SMILES string of the molecule is COc1ccc(CN(C)C)cc1NC(C)CN. The van der Waals surface area contributed by atoms with Crippen LogP contribution in [-0.2, 0) is 6.54 Å². The van der Waals surface area contributed by atoms with Crippen molar-refractivity contribution in [2.45, 2.75) is 19.5 Å². The first kappa shape index (κ1) is 13.8. The van der Waals surface area contributed by atoms with E-state index in [-0.39, 0.29) is 6.04 Å². The third-order valence-electron chi connectivity index (χ3n) is 2.52. The van der Waals surface area contributed by atoms with Crippen molar-refractivity contribution in [1.82, 2.24) is 4.90 Å². The fourth-order valence-electron chi connectivity index (χ4n) is 1.66. The first-order valence-electron chi connectivity index (χ1n) is 5.85. The molecule has 0 saturated heterocycles. The smallest absolute Gasteiger partial charge is 0.141 e. The lowest BCUT2D eigenvalue weighted by atomic mass is 10.1. The summed E-state index contributed by atoms with van der Waals surface area (Å²) in [6.07, 6.45) is 0. The van der Waals surface area contributed by atoms with Gasteiger partial charge in [0.1, 0.15) is 5.75 Å². The molecule has 0 spiro atoms. The van der Waals surface area contributed by atoms with Crippen molar-refractivity contribution in [3.05, 3.63) is 23.8 Å². The van der Waals surface area contributed by atoms with Gasteiger partial charge in [-0.1, -0.05) is 6.07 Å². The summed E-state index contributed by atoms with van der Waals surface area (Å²) in [5.41, 5.74) is 7.88. The Labute approximate surface area is 104 Å². The third kappa shape index (κ3) is 4.24. The van der Waals surface area contributed by atoms with Crippen LogP contribution in [-0.4, -0.2) is 38.7 Å². The first-order chi connectivity index (χ1) is 8.06. The number of nitrogens with zero attached hydrogens (tertiary/aromatic N) is 1. The summed E-state index contributed by atoms with van der Waals surface area (Å²) in [7, 11) is 5.79. The number of nitrogens with two attached hydrogens (primary N) is 1. The van der Waals surface area contributed by atoms with Gasteiger partial charge in [0.15, 0.2) is 0 Å². The fraction of sp³-hybridized carbons (Fsp3) is 0.538. The summed E-state index contributed by atoms with van der Waals surface area (Å²) in [5.74, 6) is 0.854. The van der Waals surface area contributed by atoms with E-state index in [1.54, 1.807) is 7.11 Å². The van der Waals surface area contributed by atoms with Gasteiger partial charge in [-0.2, -0.15) is 0 Å². The predicted molar refractivity (Wildman–Crippen MR) is 72.5 cm³/mol. The second kappa shape index (κ2) is 6.47. The van der Waals surface area contributed by atoms with Crippen LogP contribution in [0.5, 0.6) is 5.75 Å². The number of hydrogen-bond acceptors (Lipinski definition) is 4.